The van der Waals surface area contributed by atoms with Crippen molar-refractivity contribution in [2.24, 2.45) is 7.05 Å². The molecular weight excluding hydrogens is 242 g/mol. The van der Waals surface area contributed by atoms with Gasteiger partial charge in [-0.25, -0.2) is 0 Å². The normalized spacial score (nSPS) is 21.1. The van der Waals surface area contributed by atoms with E-state index in [1.807, 2.05) is 18.7 Å². The first kappa shape index (κ1) is 14.0. The van der Waals surface area contributed by atoms with Gasteiger partial charge in [0.25, 0.3) is 0 Å². The van der Waals surface area contributed by atoms with E-state index in [1.54, 1.807) is 6.33 Å². The molecule has 1 saturated heterocycles. The summed E-state index contributed by atoms with van der Waals surface area (Å²) in [7, 11) is 3.95. The summed E-state index contributed by atoms with van der Waals surface area (Å²) in [6.45, 7) is 1.64. The van der Waals surface area contributed by atoms with Crippen LogP contribution in [-0.2, 0) is 18.3 Å². The van der Waals surface area contributed by atoms with E-state index in [1.165, 1.54) is 12.8 Å². The lowest BCUT2D eigenvalue weighted by Gasteiger charge is -2.24. The van der Waals surface area contributed by atoms with Gasteiger partial charge in [-0.15, -0.1) is 10.2 Å². The lowest BCUT2D eigenvalue weighted by atomic mass is 10.1. The van der Waals surface area contributed by atoms with Gasteiger partial charge in [0.2, 0.25) is 5.91 Å². The molecule has 1 aromatic rings. The predicted octanol–water partition coefficient (Wildman–Crippen LogP) is 0.348. The first-order chi connectivity index (χ1) is 9.18. The summed E-state index contributed by atoms with van der Waals surface area (Å²) in [4.78, 5) is 14.4. The minimum Gasteiger partial charge on any atom is -0.354 e. The largest absolute Gasteiger partial charge is 0.354 e. The lowest BCUT2D eigenvalue weighted by molar-refractivity contribution is -0.126. The minimum atomic E-state index is 0.0296. The molecule has 0 bridgehead atoms. The average molecular weight is 265 g/mol. The summed E-state index contributed by atoms with van der Waals surface area (Å²) in [6, 6.07) is 0.0296. The molecule has 0 saturated carbocycles. The van der Waals surface area contributed by atoms with Crippen LogP contribution in [0.15, 0.2) is 6.33 Å². The third-order valence-corrected chi connectivity index (χ3v) is 3.78. The number of rotatable bonds is 4. The van der Waals surface area contributed by atoms with Gasteiger partial charge in [0, 0.05) is 20.0 Å². The fourth-order valence-corrected chi connectivity index (χ4v) is 2.53. The molecule has 1 aliphatic heterocycles. The van der Waals surface area contributed by atoms with Crippen molar-refractivity contribution in [1.29, 1.82) is 0 Å². The van der Waals surface area contributed by atoms with Crippen LogP contribution >= 0.6 is 0 Å². The summed E-state index contributed by atoms with van der Waals surface area (Å²) < 4.78 is 1.88. The Morgan fingerprint density at radius 2 is 2.26 bits per heavy atom. The maximum absolute atomic E-state index is 12.2. The van der Waals surface area contributed by atoms with Crippen LogP contribution < -0.4 is 5.32 Å². The highest BCUT2D eigenvalue weighted by atomic mass is 16.2. The fraction of sp³-hybridized carbons (Fsp3) is 0.769. The second kappa shape index (κ2) is 6.65. The zero-order chi connectivity index (χ0) is 13.7. The number of aryl methyl sites for hydroxylation is 1. The molecule has 1 atom stereocenters. The molecule has 1 aromatic heterocycles. The first-order valence-electron chi connectivity index (χ1n) is 6.99. The number of amides is 1. The lowest BCUT2D eigenvalue weighted by Crippen LogP contribution is -2.45. The third-order valence-electron chi connectivity index (χ3n) is 3.78. The third kappa shape index (κ3) is 3.76. The van der Waals surface area contributed by atoms with Crippen molar-refractivity contribution in [3.63, 3.8) is 0 Å². The van der Waals surface area contributed by atoms with Crippen molar-refractivity contribution in [2.75, 3.05) is 20.1 Å². The van der Waals surface area contributed by atoms with E-state index >= 15 is 0 Å². The second-order valence-electron chi connectivity index (χ2n) is 5.24. The van der Waals surface area contributed by atoms with Crippen LogP contribution in [0.3, 0.4) is 0 Å². The number of carbonyl (C=O) groups is 1. The van der Waals surface area contributed by atoms with E-state index in [4.69, 9.17) is 0 Å². The molecule has 1 amide bonds. The smallest absolute Gasteiger partial charge is 0.237 e. The number of likely N-dealkylation sites (tertiary alicyclic amines) is 1. The number of hydrogen-bond donors (Lipinski definition) is 1. The predicted molar refractivity (Wildman–Crippen MR) is 72.6 cm³/mol. The molecule has 6 nitrogen and oxygen atoms in total. The topological polar surface area (TPSA) is 63.1 Å². The maximum atomic E-state index is 12.2. The van der Waals surface area contributed by atoms with Gasteiger partial charge in [-0.1, -0.05) is 12.8 Å². The summed E-state index contributed by atoms with van der Waals surface area (Å²) in [5.41, 5.74) is 0. The van der Waals surface area contributed by atoms with E-state index < -0.39 is 0 Å². The Morgan fingerprint density at radius 3 is 3.00 bits per heavy atom. The molecule has 1 unspecified atom stereocenters. The molecule has 0 spiro atoms. The Balaban J connectivity index is 1.78. The molecule has 2 heterocycles. The van der Waals surface area contributed by atoms with Crippen molar-refractivity contribution in [3.8, 4) is 0 Å². The minimum absolute atomic E-state index is 0.0296. The molecule has 0 aromatic carbocycles. The van der Waals surface area contributed by atoms with Gasteiger partial charge in [0.1, 0.15) is 12.2 Å². The van der Waals surface area contributed by atoms with Crippen LogP contribution in [0.25, 0.3) is 0 Å². The molecule has 106 valence electrons. The van der Waals surface area contributed by atoms with Gasteiger partial charge < -0.3 is 9.88 Å². The van der Waals surface area contributed by atoms with Crippen LogP contribution in [0.2, 0.25) is 0 Å². The van der Waals surface area contributed by atoms with Gasteiger partial charge >= 0.3 is 0 Å². The number of likely N-dealkylation sites (N-methyl/N-ethyl adjacent to an activating group) is 1. The van der Waals surface area contributed by atoms with Crippen LogP contribution in [-0.4, -0.2) is 51.8 Å². The van der Waals surface area contributed by atoms with Gasteiger partial charge in [0.15, 0.2) is 0 Å². The summed E-state index contributed by atoms with van der Waals surface area (Å²) >= 11 is 0. The molecule has 0 aliphatic carbocycles. The van der Waals surface area contributed by atoms with Crippen molar-refractivity contribution in [3.05, 3.63) is 12.2 Å². The van der Waals surface area contributed by atoms with E-state index in [0.717, 1.165) is 31.6 Å². The molecule has 0 radical (unpaired) electrons. The fourth-order valence-electron chi connectivity index (χ4n) is 2.53. The molecule has 1 fully saturated rings. The Kier molecular flexibility index (Phi) is 4.90. The Morgan fingerprint density at radius 1 is 1.42 bits per heavy atom. The van der Waals surface area contributed by atoms with E-state index in [9.17, 15) is 4.79 Å². The number of carbonyl (C=O) groups excluding carboxylic acids is 1. The van der Waals surface area contributed by atoms with Gasteiger partial charge in [-0.05, 0) is 26.4 Å². The van der Waals surface area contributed by atoms with E-state index in [0.29, 0.717) is 6.54 Å². The number of nitrogens with one attached hydrogen (secondary N) is 1. The SMILES string of the molecule is CN1CCCCCC1C(=O)NCCc1nncn1C. The molecule has 6 heteroatoms. The highest BCUT2D eigenvalue weighted by Gasteiger charge is 2.24. The number of hydrogen-bond acceptors (Lipinski definition) is 4. The van der Waals surface area contributed by atoms with E-state index in [2.05, 4.69) is 20.4 Å². The monoisotopic (exact) mass is 265 g/mol. The first-order valence-corrected chi connectivity index (χ1v) is 6.99. The number of nitrogens with zero attached hydrogens (tertiary/aromatic N) is 4. The molecule has 19 heavy (non-hydrogen) atoms. The Labute approximate surface area is 114 Å². The van der Waals surface area contributed by atoms with Gasteiger partial charge in [-0.3, -0.25) is 9.69 Å². The second-order valence-corrected chi connectivity index (χ2v) is 5.24. The zero-order valence-electron chi connectivity index (χ0n) is 11.8. The zero-order valence-corrected chi connectivity index (χ0v) is 11.8. The molecule has 2 rings (SSSR count). The van der Waals surface area contributed by atoms with Crippen LogP contribution in [0, 0.1) is 0 Å². The summed E-state index contributed by atoms with van der Waals surface area (Å²) in [5, 5.41) is 10.8. The van der Waals surface area contributed by atoms with Crippen LogP contribution in [0.1, 0.15) is 31.5 Å². The number of aromatic nitrogens is 3. The standard InChI is InChI=1S/C13H23N5O/c1-17-9-5-3-4-6-11(17)13(19)14-8-7-12-16-15-10-18(12)2/h10-11H,3-9H2,1-2H3,(H,14,19). The Bertz CT molecular complexity index is 417. The van der Waals surface area contributed by atoms with Crippen molar-refractivity contribution < 1.29 is 4.79 Å². The van der Waals surface area contributed by atoms with Crippen LogP contribution in [0.4, 0.5) is 0 Å². The van der Waals surface area contributed by atoms with Crippen molar-refractivity contribution >= 4 is 5.91 Å². The maximum Gasteiger partial charge on any atom is 0.237 e. The van der Waals surface area contributed by atoms with Gasteiger partial charge in [0.05, 0.1) is 6.04 Å². The van der Waals surface area contributed by atoms with Gasteiger partial charge in [-0.2, -0.15) is 0 Å². The highest BCUT2D eigenvalue weighted by Crippen LogP contribution is 2.15. The van der Waals surface area contributed by atoms with Crippen molar-refractivity contribution in [1.82, 2.24) is 25.0 Å². The average Bonchev–Trinajstić information content (AvgIpc) is 2.67. The highest BCUT2D eigenvalue weighted by molar-refractivity contribution is 5.81. The molecule has 1 aliphatic rings. The summed E-state index contributed by atoms with van der Waals surface area (Å²) in [5.74, 6) is 1.04. The van der Waals surface area contributed by atoms with Crippen molar-refractivity contribution in [2.45, 2.75) is 38.1 Å². The molecule has 1 N–H and O–H groups in total. The van der Waals surface area contributed by atoms with Crippen LogP contribution in [0.5, 0.6) is 0 Å². The molecular formula is C13H23N5O. The van der Waals surface area contributed by atoms with E-state index in [-0.39, 0.29) is 11.9 Å². The Hall–Kier alpha value is -1.43. The quantitative estimate of drug-likeness (QED) is 0.853. The summed E-state index contributed by atoms with van der Waals surface area (Å²) in [6.07, 6.45) is 6.93.